The minimum atomic E-state index is 0. The fourth-order valence-corrected chi connectivity index (χ4v) is 5.65. The summed E-state index contributed by atoms with van der Waals surface area (Å²) in [5.74, 6) is 0. The van der Waals surface area contributed by atoms with Crippen LogP contribution < -0.4 is 0 Å². The molecule has 2 nitrogen and oxygen atoms in total. The predicted molar refractivity (Wildman–Crippen MR) is 181 cm³/mol. The molecule has 2 rings (SSSR count). The molecule has 0 aliphatic carbocycles. The molecule has 0 N–H and O–H groups in total. The van der Waals surface area contributed by atoms with Crippen LogP contribution in [0, 0.1) is 0 Å². The number of aliphatic imine (C=N–C) groups is 2. The zero-order chi connectivity index (χ0) is 29.0. The maximum absolute atomic E-state index is 5.38. The Bertz CT molecular complexity index is 1040. The van der Waals surface area contributed by atoms with Crippen molar-refractivity contribution in [3.05, 3.63) is 58.7 Å². The average Bonchev–Trinajstić information content (AvgIpc) is 2.95. The molecule has 0 aliphatic rings. The standard InChI is InChI=1S/C38H60N2.Ni/c1-7-13-15-16-17-18-24-38(40-36-28-26-32(20-10-4)34(30-36)22-12-6)37(23-14-8-2)39-35-27-25-31(19-9-3)33(29-35)21-11-5;/h25-30H,7-24H2,1-6H3;. The van der Waals surface area contributed by atoms with Gasteiger partial charge in [-0.1, -0.05) is 118 Å². The van der Waals surface area contributed by atoms with Crippen LogP contribution in [-0.4, -0.2) is 11.4 Å². The fraction of sp³-hybridized carbons (Fsp3) is 0.632. The van der Waals surface area contributed by atoms with E-state index in [1.165, 1.54) is 104 Å². The molecular formula is C38H60N2Ni. The summed E-state index contributed by atoms with van der Waals surface area (Å²) in [4.78, 5) is 10.7. The molecule has 0 bridgehead atoms. The van der Waals surface area contributed by atoms with Gasteiger partial charge in [-0.15, -0.1) is 0 Å². The Morgan fingerprint density at radius 2 is 0.829 bits per heavy atom. The SMILES string of the molecule is CCCCCCCCC(=Nc1ccc(CCC)c(CCC)c1)C(CCCC)=Nc1ccc(CCC)c(CCC)c1.[Ni]. The van der Waals surface area contributed by atoms with Crippen molar-refractivity contribution in [2.24, 2.45) is 9.98 Å². The molecule has 0 heterocycles. The van der Waals surface area contributed by atoms with Crippen molar-refractivity contribution in [2.45, 2.75) is 157 Å². The monoisotopic (exact) mass is 602 g/mol. The van der Waals surface area contributed by atoms with Gasteiger partial charge in [0.1, 0.15) is 0 Å². The summed E-state index contributed by atoms with van der Waals surface area (Å²) in [6, 6.07) is 13.9. The Morgan fingerprint density at radius 3 is 1.27 bits per heavy atom. The normalized spacial score (nSPS) is 12.0. The van der Waals surface area contributed by atoms with E-state index in [1.807, 2.05) is 0 Å². The van der Waals surface area contributed by atoms with Crippen LogP contribution in [0.25, 0.3) is 0 Å². The maximum Gasteiger partial charge on any atom is 0.0636 e. The third kappa shape index (κ3) is 13.9. The van der Waals surface area contributed by atoms with Gasteiger partial charge in [0.15, 0.2) is 0 Å². The molecule has 0 saturated carbocycles. The van der Waals surface area contributed by atoms with E-state index in [0.717, 1.165) is 56.3 Å². The molecule has 232 valence electrons. The van der Waals surface area contributed by atoms with E-state index in [4.69, 9.17) is 9.98 Å². The van der Waals surface area contributed by atoms with E-state index < -0.39 is 0 Å². The molecule has 0 amide bonds. The molecule has 2 aromatic rings. The first-order valence-corrected chi connectivity index (χ1v) is 17.0. The largest absolute Gasteiger partial charge is 0.252 e. The van der Waals surface area contributed by atoms with Gasteiger partial charge in [-0.05, 0) is 97.9 Å². The van der Waals surface area contributed by atoms with Crippen molar-refractivity contribution < 1.29 is 16.5 Å². The van der Waals surface area contributed by atoms with Crippen molar-refractivity contribution in [3.63, 3.8) is 0 Å². The van der Waals surface area contributed by atoms with Crippen molar-refractivity contribution in [1.82, 2.24) is 0 Å². The smallest absolute Gasteiger partial charge is 0.0636 e. The van der Waals surface area contributed by atoms with Crippen molar-refractivity contribution in [1.29, 1.82) is 0 Å². The van der Waals surface area contributed by atoms with Gasteiger partial charge in [-0.25, -0.2) is 0 Å². The Hall–Kier alpha value is -1.73. The van der Waals surface area contributed by atoms with E-state index >= 15 is 0 Å². The number of unbranched alkanes of at least 4 members (excludes halogenated alkanes) is 6. The van der Waals surface area contributed by atoms with Gasteiger partial charge < -0.3 is 0 Å². The Labute approximate surface area is 264 Å². The molecule has 41 heavy (non-hydrogen) atoms. The van der Waals surface area contributed by atoms with E-state index in [2.05, 4.69) is 77.9 Å². The van der Waals surface area contributed by atoms with Crippen LogP contribution in [0.2, 0.25) is 0 Å². The number of aryl methyl sites for hydroxylation is 4. The third-order valence-electron chi connectivity index (χ3n) is 7.85. The second kappa shape index (κ2) is 22.8. The molecular weight excluding hydrogens is 543 g/mol. The first kappa shape index (κ1) is 37.3. The molecule has 0 fully saturated rings. The number of hydrogen-bond donors (Lipinski definition) is 0. The van der Waals surface area contributed by atoms with E-state index in [0.29, 0.717) is 0 Å². The molecule has 2 aromatic carbocycles. The Balaban J connectivity index is 0.00000840. The summed E-state index contributed by atoms with van der Waals surface area (Å²) < 4.78 is 0. The number of hydrogen-bond acceptors (Lipinski definition) is 2. The Morgan fingerprint density at radius 1 is 0.439 bits per heavy atom. The predicted octanol–water partition coefficient (Wildman–Crippen LogP) is 12.3. The van der Waals surface area contributed by atoms with Crippen LogP contribution >= 0.6 is 0 Å². The van der Waals surface area contributed by atoms with E-state index in [9.17, 15) is 0 Å². The van der Waals surface area contributed by atoms with Crippen LogP contribution in [0.4, 0.5) is 11.4 Å². The van der Waals surface area contributed by atoms with Gasteiger partial charge in [0.05, 0.1) is 22.8 Å². The second-order valence-corrected chi connectivity index (χ2v) is 11.6. The molecule has 0 saturated heterocycles. The molecule has 0 spiro atoms. The molecule has 3 heteroatoms. The van der Waals surface area contributed by atoms with Gasteiger partial charge in [0.2, 0.25) is 0 Å². The Kier molecular flexibility index (Phi) is 20.8. The topological polar surface area (TPSA) is 24.7 Å². The van der Waals surface area contributed by atoms with E-state index in [1.54, 1.807) is 0 Å². The zero-order valence-electron chi connectivity index (χ0n) is 27.4. The molecule has 0 atom stereocenters. The summed E-state index contributed by atoms with van der Waals surface area (Å²) >= 11 is 0. The van der Waals surface area contributed by atoms with Crippen molar-refractivity contribution in [3.8, 4) is 0 Å². The molecule has 0 unspecified atom stereocenters. The van der Waals surface area contributed by atoms with Gasteiger partial charge in [0.25, 0.3) is 0 Å². The first-order valence-electron chi connectivity index (χ1n) is 17.0. The summed E-state index contributed by atoms with van der Waals surface area (Å²) in [6.45, 7) is 13.7. The van der Waals surface area contributed by atoms with Crippen molar-refractivity contribution in [2.75, 3.05) is 0 Å². The first-order chi connectivity index (χ1) is 19.6. The zero-order valence-corrected chi connectivity index (χ0v) is 28.4. The van der Waals surface area contributed by atoms with E-state index in [-0.39, 0.29) is 16.5 Å². The van der Waals surface area contributed by atoms with Gasteiger partial charge in [0, 0.05) is 16.5 Å². The van der Waals surface area contributed by atoms with Gasteiger partial charge in [-0.3, -0.25) is 9.98 Å². The van der Waals surface area contributed by atoms with Crippen LogP contribution in [0.5, 0.6) is 0 Å². The minimum absolute atomic E-state index is 0. The quantitative estimate of drug-likeness (QED) is 0.0770. The molecule has 0 aromatic heterocycles. The van der Waals surface area contributed by atoms with Crippen LogP contribution in [-0.2, 0) is 42.2 Å². The maximum atomic E-state index is 5.38. The second-order valence-electron chi connectivity index (χ2n) is 11.6. The minimum Gasteiger partial charge on any atom is -0.252 e. The summed E-state index contributed by atoms with van der Waals surface area (Å²) in [6.07, 6.45) is 21.4. The fourth-order valence-electron chi connectivity index (χ4n) is 5.65. The van der Waals surface area contributed by atoms with Crippen LogP contribution in [0.1, 0.15) is 154 Å². The van der Waals surface area contributed by atoms with Gasteiger partial charge >= 0.3 is 0 Å². The van der Waals surface area contributed by atoms with Crippen LogP contribution in [0.15, 0.2) is 46.4 Å². The summed E-state index contributed by atoms with van der Waals surface area (Å²) in [5, 5.41) is 0. The number of rotatable bonds is 21. The van der Waals surface area contributed by atoms with Crippen LogP contribution in [0.3, 0.4) is 0 Å². The number of benzene rings is 2. The summed E-state index contributed by atoms with van der Waals surface area (Å²) in [5.41, 5.74) is 10.6. The van der Waals surface area contributed by atoms with Crippen molar-refractivity contribution >= 4 is 22.8 Å². The average molecular weight is 604 g/mol. The third-order valence-corrected chi connectivity index (χ3v) is 7.85. The van der Waals surface area contributed by atoms with Gasteiger partial charge in [-0.2, -0.15) is 0 Å². The summed E-state index contributed by atoms with van der Waals surface area (Å²) in [7, 11) is 0. The molecule has 0 aliphatic heterocycles. The number of nitrogens with zero attached hydrogens (tertiary/aromatic N) is 2. The molecule has 0 radical (unpaired) electrons.